The molecule has 1 aliphatic carbocycles. The van der Waals surface area contributed by atoms with Crippen molar-refractivity contribution in [3.05, 3.63) is 71.4 Å². The molecule has 0 bridgehead atoms. The highest BCUT2D eigenvalue weighted by atomic mass is 16.5. The molecule has 5 nitrogen and oxygen atoms in total. The lowest BCUT2D eigenvalue weighted by atomic mass is 9.61. The molecule has 166 valence electrons. The maximum atomic E-state index is 11.8. The first-order valence-corrected chi connectivity index (χ1v) is 11.3. The van der Waals surface area contributed by atoms with Crippen LogP contribution in [-0.2, 0) is 12.0 Å². The summed E-state index contributed by atoms with van der Waals surface area (Å²) in [5.74, 6) is 0.258. The number of amides is 1. The third-order valence-electron chi connectivity index (χ3n) is 7.09. The molecule has 2 aromatic rings. The van der Waals surface area contributed by atoms with E-state index in [9.17, 15) is 4.79 Å². The summed E-state index contributed by atoms with van der Waals surface area (Å²) < 4.78 is 0. The fraction of sp³-hybridized carbons (Fsp3) is 0.462. The summed E-state index contributed by atoms with van der Waals surface area (Å²) in [6.07, 6.45) is 8.75. The maximum Gasteiger partial charge on any atom is 0.276 e. The van der Waals surface area contributed by atoms with Crippen LogP contribution in [0.15, 0.2) is 54.7 Å². The summed E-state index contributed by atoms with van der Waals surface area (Å²) in [6, 6.07) is 12.4. The average Bonchev–Trinajstić information content (AvgIpc) is 2.80. The molecule has 3 rings (SSSR count). The molecule has 0 aliphatic heterocycles. The second-order valence-corrected chi connectivity index (χ2v) is 8.91. The Labute approximate surface area is 185 Å². The molecule has 1 amide bonds. The van der Waals surface area contributed by atoms with E-state index in [0.29, 0.717) is 5.56 Å². The molecule has 31 heavy (non-hydrogen) atoms. The SMILES string of the molecule is C=C(C)C1(CCC)CCC(Nc2ncc(C(=O)NO)cc2CC)(c2ccccc2)CC1. The number of hydrogen-bond acceptors (Lipinski definition) is 4. The summed E-state index contributed by atoms with van der Waals surface area (Å²) in [7, 11) is 0. The number of carbonyl (C=O) groups is 1. The molecule has 1 fully saturated rings. The number of aromatic nitrogens is 1. The van der Waals surface area contributed by atoms with Gasteiger partial charge < -0.3 is 5.32 Å². The Morgan fingerprint density at radius 3 is 2.39 bits per heavy atom. The van der Waals surface area contributed by atoms with Crippen LogP contribution in [0.3, 0.4) is 0 Å². The van der Waals surface area contributed by atoms with Gasteiger partial charge in [-0.15, -0.1) is 0 Å². The summed E-state index contributed by atoms with van der Waals surface area (Å²) in [5.41, 5.74) is 5.56. The minimum absolute atomic E-state index is 0.207. The van der Waals surface area contributed by atoms with Gasteiger partial charge in [0.05, 0.1) is 11.1 Å². The monoisotopic (exact) mass is 421 g/mol. The number of nitrogens with one attached hydrogen (secondary N) is 2. The van der Waals surface area contributed by atoms with Crippen molar-refractivity contribution in [2.75, 3.05) is 5.32 Å². The minimum Gasteiger partial charge on any atom is -0.360 e. The Hall–Kier alpha value is -2.66. The van der Waals surface area contributed by atoms with Crippen LogP contribution in [0, 0.1) is 5.41 Å². The van der Waals surface area contributed by atoms with Gasteiger partial charge in [-0.2, -0.15) is 0 Å². The molecule has 0 saturated heterocycles. The first-order chi connectivity index (χ1) is 14.9. The third kappa shape index (κ3) is 4.67. The molecule has 0 unspecified atom stereocenters. The summed E-state index contributed by atoms with van der Waals surface area (Å²) in [5, 5.41) is 12.8. The van der Waals surface area contributed by atoms with Crippen molar-refractivity contribution in [1.29, 1.82) is 0 Å². The molecule has 0 radical (unpaired) electrons. The van der Waals surface area contributed by atoms with Gasteiger partial charge in [0.15, 0.2) is 0 Å². The first kappa shape index (κ1) is 23.0. The van der Waals surface area contributed by atoms with Crippen molar-refractivity contribution in [1.82, 2.24) is 10.5 Å². The minimum atomic E-state index is -0.546. The number of hydrogen-bond donors (Lipinski definition) is 3. The molecular formula is C26H35N3O2. The van der Waals surface area contributed by atoms with E-state index in [2.05, 4.69) is 55.0 Å². The van der Waals surface area contributed by atoms with Crippen molar-refractivity contribution in [3.63, 3.8) is 0 Å². The molecule has 3 N–H and O–H groups in total. The van der Waals surface area contributed by atoms with E-state index in [1.165, 1.54) is 23.8 Å². The normalized spacial score (nSPS) is 23.2. The summed E-state index contributed by atoms with van der Waals surface area (Å²) in [4.78, 5) is 16.4. The number of carbonyl (C=O) groups excluding carboxylic acids is 1. The van der Waals surface area contributed by atoms with E-state index in [0.717, 1.165) is 49.9 Å². The van der Waals surface area contributed by atoms with E-state index >= 15 is 0 Å². The third-order valence-corrected chi connectivity index (χ3v) is 7.09. The summed E-state index contributed by atoms with van der Waals surface area (Å²) >= 11 is 0. The zero-order valence-corrected chi connectivity index (χ0v) is 19.0. The van der Waals surface area contributed by atoms with Crippen molar-refractivity contribution in [2.45, 2.75) is 71.3 Å². The van der Waals surface area contributed by atoms with Crippen molar-refractivity contribution in [3.8, 4) is 0 Å². The van der Waals surface area contributed by atoms with Gasteiger partial charge >= 0.3 is 0 Å². The number of allylic oxidation sites excluding steroid dienone is 1. The predicted octanol–water partition coefficient (Wildman–Crippen LogP) is 6.01. The van der Waals surface area contributed by atoms with E-state index in [4.69, 9.17) is 5.21 Å². The van der Waals surface area contributed by atoms with Crippen LogP contribution in [0.25, 0.3) is 0 Å². The molecule has 5 heteroatoms. The Kier molecular flexibility index (Phi) is 7.16. The molecule has 1 saturated carbocycles. The van der Waals surface area contributed by atoms with E-state index < -0.39 is 5.91 Å². The van der Waals surface area contributed by atoms with E-state index in [1.54, 1.807) is 11.5 Å². The highest BCUT2D eigenvalue weighted by molar-refractivity contribution is 5.93. The topological polar surface area (TPSA) is 74.2 Å². The Morgan fingerprint density at radius 2 is 1.84 bits per heavy atom. The molecule has 1 aromatic heterocycles. The zero-order valence-electron chi connectivity index (χ0n) is 19.0. The smallest absolute Gasteiger partial charge is 0.276 e. The number of pyridine rings is 1. The number of nitrogens with zero attached hydrogens (tertiary/aromatic N) is 1. The number of aryl methyl sites for hydroxylation is 1. The summed E-state index contributed by atoms with van der Waals surface area (Å²) in [6.45, 7) is 10.8. The quantitative estimate of drug-likeness (QED) is 0.277. The molecule has 1 aromatic carbocycles. The van der Waals surface area contributed by atoms with E-state index in [1.807, 2.05) is 13.0 Å². The van der Waals surface area contributed by atoms with Crippen LogP contribution in [-0.4, -0.2) is 16.1 Å². The van der Waals surface area contributed by atoms with Gasteiger partial charge in [0, 0.05) is 6.20 Å². The number of rotatable bonds is 8. The van der Waals surface area contributed by atoms with Gasteiger partial charge in [-0.25, -0.2) is 10.5 Å². The number of anilines is 1. The van der Waals surface area contributed by atoms with Gasteiger partial charge in [-0.05, 0) is 68.1 Å². The van der Waals surface area contributed by atoms with Crippen LogP contribution >= 0.6 is 0 Å². The van der Waals surface area contributed by atoms with Gasteiger partial charge in [-0.3, -0.25) is 10.0 Å². The predicted molar refractivity (Wildman–Crippen MR) is 125 cm³/mol. The lowest BCUT2D eigenvalue weighted by Crippen LogP contribution is -2.43. The molecular weight excluding hydrogens is 386 g/mol. The maximum absolute atomic E-state index is 11.8. The molecule has 0 atom stereocenters. The van der Waals surface area contributed by atoms with Crippen LogP contribution in [0.5, 0.6) is 0 Å². The van der Waals surface area contributed by atoms with Crippen LogP contribution in [0.4, 0.5) is 5.82 Å². The van der Waals surface area contributed by atoms with Gasteiger partial charge in [0.25, 0.3) is 5.91 Å². The van der Waals surface area contributed by atoms with Crippen molar-refractivity contribution >= 4 is 11.7 Å². The lowest BCUT2D eigenvalue weighted by Gasteiger charge is -2.48. The fourth-order valence-corrected chi connectivity index (χ4v) is 5.07. The van der Waals surface area contributed by atoms with Crippen molar-refractivity contribution in [2.24, 2.45) is 5.41 Å². The highest BCUT2D eigenvalue weighted by Gasteiger charge is 2.44. The van der Waals surface area contributed by atoms with Crippen LogP contribution < -0.4 is 10.8 Å². The highest BCUT2D eigenvalue weighted by Crippen LogP contribution is 2.52. The second-order valence-electron chi connectivity index (χ2n) is 8.91. The Morgan fingerprint density at radius 1 is 1.16 bits per heavy atom. The van der Waals surface area contributed by atoms with E-state index in [-0.39, 0.29) is 11.0 Å². The zero-order chi connectivity index (χ0) is 22.5. The van der Waals surface area contributed by atoms with Gasteiger partial charge in [-0.1, -0.05) is 62.8 Å². The fourth-order valence-electron chi connectivity index (χ4n) is 5.07. The standard InChI is InChI=1S/C26H35N3O2/c1-5-12-25(19(3)4)13-15-26(16-14-25,22-10-8-7-9-11-22)28-23-20(6-2)17-21(18-27-23)24(30)29-31/h7-11,17-18,31H,3,5-6,12-16H2,1-2,4H3,(H,27,28)(H,29,30). The molecule has 0 spiro atoms. The largest absolute Gasteiger partial charge is 0.360 e. The van der Waals surface area contributed by atoms with Gasteiger partial charge in [0.1, 0.15) is 5.82 Å². The van der Waals surface area contributed by atoms with Crippen molar-refractivity contribution < 1.29 is 10.0 Å². The van der Waals surface area contributed by atoms with Crippen LogP contribution in [0.2, 0.25) is 0 Å². The number of benzene rings is 1. The first-order valence-electron chi connectivity index (χ1n) is 11.3. The lowest BCUT2D eigenvalue weighted by molar-refractivity contribution is 0.0706. The Bertz CT molecular complexity index is 916. The Balaban J connectivity index is 1.97. The molecule has 1 aliphatic rings. The second kappa shape index (κ2) is 9.65. The number of hydroxylamine groups is 1. The van der Waals surface area contributed by atoms with Gasteiger partial charge in [0.2, 0.25) is 0 Å². The molecule has 1 heterocycles. The van der Waals surface area contributed by atoms with Crippen LogP contribution in [0.1, 0.15) is 80.8 Å². The average molecular weight is 422 g/mol.